The van der Waals surface area contributed by atoms with Gasteiger partial charge in [-0.2, -0.15) is 0 Å². The maximum absolute atomic E-state index is 2.54. The van der Waals surface area contributed by atoms with Crippen molar-refractivity contribution in [3.63, 3.8) is 0 Å². The molecule has 2 saturated carbocycles. The third-order valence-corrected chi connectivity index (χ3v) is 11.6. The van der Waals surface area contributed by atoms with E-state index in [1.165, 1.54) is 12.8 Å². The summed E-state index contributed by atoms with van der Waals surface area (Å²) < 4.78 is 0. The first-order valence-corrected chi connectivity index (χ1v) is 13.8. The van der Waals surface area contributed by atoms with Gasteiger partial charge in [0.05, 0.1) is 0 Å². The molecular weight excluding hydrogens is 384 g/mol. The van der Waals surface area contributed by atoms with E-state index >= 15 is 0 Å². The van der Waals surface area contributed by atoms with Crippen molar-refractivity contribution in [1.29, 1.82) is 0 Å². The molecule has 2 aliphatic carbocycles. The quantitative estimate of drug-likeness (QED) is 0.345. The van der Waals surface area contributed by atoms with Crippen LogP contribution in [0, 0.1) is 68.0 Å². The molecule has 32 heavy (non-hydrogen) atoms. The number of hydrogen-bond acceptors (Lipinski definition) is 0. The minimum absolute atomic E-state index is 0.398. The Bertz CT molecular complexity index is 556. The van der Waals surface area contributed by atoms with Gasteiger partial charge in [0, 0.05) is 0 Å². The Labute approximate surface area is 205 Å². The summed E-state index contributed by atoms with van der Waals surface area (Å²) >= 11 is 0. The first-order chi connectivity index (χ1) is 13.8. The fourth-order valence-electron chi connectivity index (χ4n) is 8.38. The predicted octanol–water partition coefficient (Wildman–Crippen LogP) is 10.8. The van der Waals surface area contributed by atoms with Crippen molar-refractivity contribution >= 4 is 0 Å². The molecule has 8 atom stereocenters. The van der Waals surface area contributed by atoms with Crippen molar-refractivity contribution < 1.29 is 0 Å². The summed E-state index contributed by atoms with van der Waals surface area (Å²) in [5, 5.41) is 0. The average molecular weight is 449 g/mol. The fraction of sp³-hybridized carbons (Fsp3) is 1.00. The van der Waals surface area contributed by atoms with E-state index in [2.05, 4.69) is 125 Å². The molecule has 0 aliphatic heterocycles. The van der Waals surface area contributed by atoms with E-state index in [0.717, 1.165) is 35.5 Å². The van der Waals surface area contributed by atoms with Gasteiger partial charge in [-0.25, -0.2) is 0 Å². The van der Waals surface area contributed by atoms with Crippen LogP contribution in [-0.4, -0.2) is 0 Å². The van der Waals surface area contributed by atoms with Crippen LogP contribution in [-0.2, 0) is 0 Å². The highest BCUT2D eigenvalue weighted by Crippen LogP contribution is 2.65. The molecule has 0 heteroatoms. The zero-order valence-electron chi connectivity index (χ0n) is 25.9. The van der Waals surface area contributed by atoms with Crippen LogP contribution < -0.4 is 0 Å². The normalized spacial score (nSPS) is 41.4. The smallest absolute Gasteiger partial charge is 0.0216 e. The maximum atomic E-state index is 2.54. The van der Waals surface area contributed by atoms with Crippen LogP contribution in [0.5, 0.6) is 0 Å². The fourth-order valence-corrected chi connectivity index (χ4v) is 8.38. The highest BCUT2D eigenvalue weighted by molar-refractivity contribution is 5.06. The summed E-state index contributed by atoms with van der Waals surface area (Å²) in [4.78, 5) is 0. The summed E-state index contributed by atoms with van der Waals surface area (Å²) in [5.74, 6) is 5.07. The molecule has 0 bridgehead atoms. The van der Waals surface area contributed by atoms with Crippen molar-refractivity contribution in [1.82, 2.24) is 0 Å². The topological polar surface area (TPSA) is 0 Å². The molecule has 0 nitrogen and oxygen atoms in total. The summed E-state index contributed by atoms with van der Waals surface area (Å²) in [6.45, 7) is 44.0. The minimum Gasteiger partial charge on any atom is -0.0622 e. The maximum Gasteiger partial charge on any atom is -0.0216 e. The molecule has 0 aromatic heterocycles. The SMILES string of the molecule is CC1CC(C(C)(C)C)C(C)(C(C)(C)C)C1C.CC1CC(C(C)(C)C)C(C)(C(C)(C)C)C1C. The lowest BCUT2D eigenvalue weighted by atomic mass is 9.53. The molecule has 8 unspecified atom stereocenters. The van der Waals surface area contributed by atoms with E-state index in [-0.39, 0.29) is 0 Å². The van der Waals surface area contributed by atoms with Gasteiger partial charge in [-0.1, -0.05) is 125 Å². The second-order valence-electron chi connectivity index (χ2n) is 16.9. The molecule has 2 rings (SSSR count). The van der Waals surface area contributed by atoms with Crippen molar-refractivity contribution in [3.05, 3.63) is 0 Å². The molecule has 192 valence electrons. The van der Waals surface area contributed by atoms with Crippen molar-refractivity contribution in [2.24, 2.45) is 68.0 Å². The summed E-state index contributed by atoms with van der Waals surface area (Å²) in [6.07, 6.45) is 2.80. The van der Waals surface area contributed by atoms with Gasteiger partial charge in [0.25, 0.3) is 0 Å². The van der Waals surface area contributed by atoms with E-state index < -0.39 is 0 Å². The predicted molar refractivity (Wildman–Crippen MR) is 147 cm³/mol. The lowest BCUT2D eigenvalue weighted by Crippen LogP contribution is -2.45. The number of hydrogen-bond donors (Lipinski definition) is 0. The summed E-state index contributed by atoms with van der Waals surface area (Å²) in [5.41, 5.74) is 2.58. The van der Waals surface area contributed by atoms with Crippen LogP contribution in [0.2, 0.25) is 0 Å². The van der Waals surface area contributed by atoms with Crippen molar-refractivity contribution in [3.8, 4) is 0 Å². The van der Waals surface area contributed by atoms with Crippen LogP contribution in [0.25, 0.3) is 0 Å². The van der Waals surface area contributed by atoms with Crippen LogP contribution in [0.4, 0.5) is 0 Å². The van der Waals surface area contributed by atoms with Crippen molar-refractivity contribution in [2.45, 2.75) is 137 Å². The van der Waals surface area contributed by atoms with Crippen molar-refractivity contribution in [2.75, 3.05) is 0 Å². The second-order valence-corrected chi connectivity index (χ2v) is 16.9. The third kappa shape index (κ3) is 5.15. The lowest BCUT2D eigenvalue weighted by Gasteiger charge is -2.51. The summed E-state index contributed by atoms with van der Waals surface area (Å²) in [6, 6.07) is 0. The molecule has 2 fully saturated rings. The van der Waals surface area contributed by atoms with Gasteiger partial charge in [-0.05, 0) is 80.8 Å². The lowest BCUT2D eigenvalue weighted by molar-refractivity contribution is -0.0297. The van der Waals surface area contributed by atoms with E-state index in [0.29, 0.717) is 32.5 Å². The molecule has 0 amide bonds. The Morgan fingerprint density at radius 3 is 0.812 bits per heavy atom. The Morgan fingerprint density at radius 1 is 0.469 bits per heavy atom. The minimum atomic E-state index is 0.398. The van der Waals surface area contributed by atoms with Gasteiger partial charge in [-0.3, -0.25) is 0 Å². The first kappa shape index (κ1) is 30.0. The molecule has 0 heterocycles. The molecular formula is C32H64. The highest BCUT2D eigenvalue weighted by atomic mass is 14.6. The standard InChI is InChI=1S/2C16H32/c2*1-11-10-13(14(3,4)5)16(9,12(11)2)15(6,7)8/h2*11-13H,10H2,1-9H3. The van der Waals surface area contributed by atoms with Gasteiger partial charge >= 0.3 is 0 Å². The molecule has 0 aromatic rings. The van der Waals surface area contributed by atoms with E-state index in [4.69, 9.17) is 0 Å². The van der Waals surface area contributed by atoms with Gasteiger partial charge < -0.3 is 0 Å². The van der Waals surface area contributed by atoms with E-state index in [1.54, 1.807) is 0 Å². The summed E-state index contributed by atoms with van der Waals surface area (Å²) in [7, 11) is 0. The van der Waals surface area contributed by atoms with Crippen LogP contribution >= 0.6 is 0 Å². The highest BCUT2D eigenvalue weighted by Gasteiger charge is 2.58. The number of rotatable bonds is 0. The van der Waals surface area contributed by atoms with Gasteiger partial charge in [0.2, 0.25) is 0 Å². The average Bonchev–Trinajstić information content (AvgIpc) is 2.95. The third-order valence-electron chi connectivity index (χ3n) is 11.6. The van der Waals surface area contributed by atoms with Crippen LogP contribution in [0.3, 0.4) is 0 Å². The first-order valence-electron chi connectivity index (χ1n) is 13.8. The Balaban J connectivity index is 0.000000320. The van der Waals surface area contributed by atoms with Gasteiger partial charge in [-0.15, -0.1) is 0 Å². The molecule has 0 radical (unpaired) electrons. The second kappa shape index (κ2) is 8.90. The molecule has 0 spiro atoms. The van der Waals surface area contributed by atoms with Crippen LogP contribution in [0.15, 0.2) is 0 Å². The van der Waals surface area contributed by atoms with E-state index in [1.807, 2.05) is 0 Å². The van der Waals surface area contributed by atoms with Gasteiger partial charge in [0.1, 0.15) is 0 Å². The Hall–Kier alpha value is 0. The molecule has 2 aliphatic rings. The van der Waals surface area contributed by atoms with Crippen LogP contribution in [0.1, 0.15) is 137 Å². The Morgan fingerprint density at radius 2 is 0.688 bits per heavy atom. The molecule has 0 aromatic carbocycles. The molecule has 0 saturated heterocycles. The zero-order valence-corrected chi connectivity index (χ0v) is 25.9. The Kier molecular flexibility index (Phi) is 8.35. The monoisotopic (exact) mass is 449 g/mol. The zero-order chi connectivity index (χ0) is 25.9. The molecule has 0 N–H and O–H groups in total. The van der Waals surface area contributed by atoms with Gasteiger partial charge in [0.15, 0.2) is 0 Å². The largest absolute Gasteiger partial charge is 0.0622 e. The van der Waals surface area contributed by atoms with E-state index in [9.17, 15) is 0 Å².